The van der Waals surface area contributed by atoms with Crippen molar-refractivity contribution in [3.8, 4) is 17.2 Å². The molecule has 7 heteroatoms. The van der Waals surface area contributed by atoms with Crippen LogP contribution < -0.4 is 10.4 Å². The van der Waals surface area contributed by atoms with Crippen LogP contribution in [0, 0.1) is 0 Å². The van der Waals surface area contributed by atoms with Crippen molar-refractivity contribution in [2.45, 2.75) is 20.0 Å². The number of nitrogens with one attached hydrogen (secondary N) is 1. The lowest BCUT2D eigenvalue weighted by atomic mass is 10.1. The number of aromatic amines is 1. The van der Waals surface area contributed by atoms with E-state index in [1.165, 1.54) is 4.68 Å². The molecule has 0 unspecified atom stereocenters. The number of rotatable bonds is 5. The molecule has 0 aliphatic carbocycles. The average molecular weight is 312 g/mol. The second-order valence-electron chi connectivity index (χ2n) is 4.98. The van der Waals surface area contributed by atoms with Gasteiger partial charge in [-0.25, -0.2) is 9.89 Å². The number of H-pyrrole nitrogens is 1. The van der Waals surface area contributed by atoms with Crippen LogP contribution in [0.4, 0.5) is 0 Å². The van der Waals surface area contributed by atoms with E-state index in [1.807, 2.05) is 25.1 Å². The largest absolute Gasteiger partial charge is 0.508 e. The Morgan fingerprint density at radius 2 is 2.04 bits per heavy atom. The van der Waals surface area contributed by atoms with E-state index in [9.17, 15) is 9.90 Å². The van der Waals surface area contributed by atoms with E-state index in [0.29, 0.717) is 11.4 Å². The van der Waals surface area contributed by atoms with Crippen LogP contribution in [0.3, 0.4) is 0 Å². The zero-order valence-corrected chi connectivity index (χ0v) is 12.6. The van der Waals surface area contributed by atoms with Gasteiger partial charge in [-0.05, 0) is 46.7 Å². The lowest BCUT2D eigenvalue weighted by Crippen LogP contribution is -2.18. The van der Waals surface area contributed by atoms with Crippen LogP contribution in [0.5, 0.6) is 11.5 Å². The van der Waals surface area contributed by atoms with Gasteiger partial charge in [0.15, 0.2) is 0 Å². The van der Waals surface area contributed by atoms with Crippen LogP contribution in [0.2, 0.25) is 0 Å². The molecule has 2 N–H and O–H groups in total. The second kappa shape index (κ2) is 6.35. The van der Waals surface area contributed by atoms with Crippen molar-refractivity contribution in [2.75, 3.05) is 0 Å². The van der Waals surface area contributed by atoms with Gasteiger partial charge in [-0.15, -0.1) is 0 Å². The first-order valence-electron chi connectivity index (χ1n) is 7.22. The maximum Gasteiger partial charge on any atom is 0.365 e. The minimum absolute atomic E-state index is 0.212. The molecule has 0 fully saturated rings. The fourth-order valence-electron chi connectivity index (χ4n) is 2.33. The average Bonchev–Trinajstić information content (AvgIpc) is 2.99. The highest BCUT2D eigenvalue weighted by Gasteiger charge is 2.10. The molecule has 0 saturated carbocycles. The van der Waals surface area contributed by atoms with Gasteiger partial charge in [-0.3, -0.25) is 0 Å². The van der Waals surface area contributed by atoms with E-state index < -0.39 is 5.69 Å². The van der Waals surface area contributed by atoms with Gasteiger partial charge in [-0.2, -0.15) is 4.68 Å². The van der Waals surface area contributed by atoms with Gasteiger partial charge < -0.3 is 9.84 Å². The van der Waals surface area contributed by atoms with Crippen molar-refractivity contribution in [1.82, 2.24) is 20.2 Å². The van der Waals surface area contributed by atoms with E-state index in [-0.39, 0.29) is 12.4 Å². The first-order chi connectivity index (χ1) is 11.2. The molecule has 0 aliphatic rings. The number of aryl methyl sites for hydroxylation is 1. The molecule has 23 heavy (non-hydrogen) atoms. The Bertz CT molecular complexity index is 870. The van der Waals surface area contributed by atoms with E-state index in [4.69, 9.17) is 4.74 Å². The first kappa shape index (κ1) is 14.8. The van der Waals surface area contributed by atoms with Crippen LogP contribution in [0.1, 0.15) is 18.1 Å². The van der Waals surface area contributed by atoms with E-state index in [2.05, 4.69) is 15.5 Å². The molecule has 3 rings (SSSR count). The van der Waals surface area contributed by atoms with Gasteiger partial charge in [-0.1, -0.05) is 25.1 Å². The second-order valence-corrected chi connectivity index (χ2v) is 4.98. The Balaban J connectivity index is 1.88. The third-order valence-electron chi connectivity index (χ3n) is 3.50. The summed E-state index contributed by atoms with van der Waals surface area (Å²) in [6.07, 6.45) is 0.744. The Hall–Kier alpha value is -3.09. The molecule has 1 heterocycles. The smallest absolute Gasteiger partial charge is 0.365 e. The molecule has 0 saturated heterocycles. The van der Waals surface area contributed by atoms with Crippen LogP contribution in [0.25, 0.3) is 5.69 Å². The molecule has 118 valence electrons. The van der Waals surface area contributed by atoms with Gasteiger partial charge in [0.2, 0.25) is 0 Å². The van der Waals surface area contributed by atoms with Crippen molar-refractivity contribution >= 4 is 0 Å². The summed E-state index contributed by atoms with van der Waals surface area (Å²) in [5.41, 5.74) is 1.93. The molecule has 0 amide bonds. The van der Waals surface area contributed by atoms with Crippen LogP contribution in [-0.2, 0) is 13.0 Å². The van der Waals surface area contributed by atoms with E-state index >= 15 is 0 Å². The summed E-state index contributed by atoms with van der Waals surface area (Å²) >= 11 is 0. The Labute approximate surface area is 132 Å². The Morgan fingerprint density at radius 3 is 2.78 bits per heavy atom. The third kappa shape index (κ3) is 3.08. The highest BCUT2D eigenvalue weighted by molar-refractivity contribution is 5.42. The van der Waals surface area contributed by atoms with Crippen LogP contribution in [-0.4, -0.2) is 25.3 Å². The lowest BCUT2D eigenvalue weighted by molar-refractivity contribution is 0.302. The fourth-order valence-corrected chi connectivity index (χ4v) is 2.33. The van der Waals surface area contributed by atoms with Gasteiger partial charge in [0.1, 0.15) is 18.1 Å². The number of phenolic OH excluding ortho intramolecular Hbond substituents is 1. The highest BCUT2D eigenvalue weighted by Crippen LogP contribution is 2.25. The Kier molecular flexibility index (Phi) is 4.09. The molecule has 0 radical (unpaired) electrons. The summed E-state index contributed by atoms with van der Waals surface area (Å²) in [6, 6.07) is 12.3. The minimum Gasteiger partial charge on any atom is -0.508 e. The standard InChI is InChI=1S/C16H16N4O3/c1-2-11-9-13(21)7-8-15(11)23-10-12-5-3-4-6-14(12)20-16(22)17-18-19-20/h3-9,21H,2,10H2,1H3,(H,17,19,22). The van der Waals surface area contributed by atoms with Crippen molar-refractivity contribution in [3.05, 3.63) is 64.1 Å². The van der Waals surface area contributed by atoms with Crippen molar-refractivity contribution in [2.24, 2.45) is 0 Å². The summed E-state index contributed by atoms with van der Waals surface area (Å²) in [6.45, 7) is 2.26. The molecule has 0 bridgehead atoms. The molecule has 7 nitrogen and oxygen atoms in total. The van der Waals surface area contributed by atoms with Crippen LogP contribution >= 0.6 is 0 Å². The molecule has 2 aromatic carbocycles. The van der Waals surface area contributed by atoms with Crippen molar-refractivity contribution < 1.29 is 9.84 Å². The van der Waals surface area contributed by atoms with Crippen molar-refractivity contribution in [1.29, 1.82) is 0 Å². The molecule has 0 aliphatic heterocycles. The van der Waals surface area contributed by atoms with Gasteiger partial charge in [0.05, 0.1) is 5.69 Å². The highest BCUT2D eigenvalue weighted by atomic mass is 16.5. The normalized spacial score (nSPS) is 10.7. The summed E-state index contributed by atoms with van der Waals surface area (Å²) in [7, 11) is 0. The predicted octanol–water partition coefficient (Wildman–Crippen LogP) is 1.80. The monoisotopic (exact) mass is 312 g/mol. The van der Waals surface area contributed by atoms with Gasteiger partial charge in [0.25, 0.3) is 0 Å². The summed E-state index contributed by atoms with van der Waals surface area (Å²) < 4.78 is 7.05. The van der Waals surface area contributed by atoms with Gasteiger partial charge >= 0.3 is 5.69 Å². The number of hydrogen-bond donors (Lipinski definition) is 2. The first-order valence-corrected chi connectivity index (χ1v) is 7.22. The van der Waals surface area contributed by atoms with E-state index in [0.717, 1.165) is 17.5 Å². The number of nitrogens with zero attached hydrogens (tertiary/aromatic N) is 3. The molecular weight excluding hydrogens is 296 g/mol. The topological polar surface area (TPSA) is 93.0 Å². The number of benzene rings is 2. The molecular formula is C16H16N4O3. The SMILES string of the molecule is CCc1cc(O)ccc1OCc1ccccc1-n1nn[nH]c1=O. The number of aromatic hydroxyl groups is 1. The number of tetrazole rings is 1. The number of aromatic nitrogens is 4. The zero-order chi connectivity index (χ0) is 16.2. The number of phenols is 1. The predicted molar refractivity (Wildman–Crippen MR) is 83.8 cm³/mol. The van der Waals surface area contributed by atoms with Crippen LogP contribution in [0.15, 0.2) is 47.3 Å². The minimum atomic E-state index is -0.406. The molecule has 1 aromatic heterocycles. The lowest BCUT2D eigenvalue weighted by Gasteiger charge is -2.13. The zero-order valence-electron chi connectivity index (χ0n) is 12.6. The maximum atomic E-state index is 11.7. The van der Waals surface area contributed by atoms with E-state index in [1.54, 1.807) is 24.3 Å². The fraction of sp³-hybridized carbons (Fsp3) is 0.188. The molecule has 3 aromatic rings. The Morgan fingerprint density at radius 1 is 1.22 bits per heavy atom. The third-order valence-corrected chi connectivity index (χ3v) is 3.50. The number of ether oxygens (including phenoxy) is 1. The number of hydrogen-bond acceptors (Lipinski definition) is 5. The molecule has 0 spiro atoms. The quantitative estimate of drug-likeness (QED) is 0.749. The molecule has 0 atom stereocenters. The summed E-state index contributed by atoms with van der Waals surface area (Å²) in [4.78, 5) is 11.7. The number of para-hydroxylation sites is 1. The summed E-state index contributed by atoms with van der Waals surface area (Å²) in [5, 5.41) is 19.1. The van der Waals surface area contributed by atoms with Gasteiger partial charge in [0, 0.05) is 5.56 Å². The van der Waals surface area contributed by atoms with Crippen molar-refractivity contribution in [3.63, 3.8) is 0 Å². The summed E-state index contributed by atoms with van der Waals surface area (Å²) in [5.74, 6) is 0.913. The maximum absolute atomic E-state index is 11.7.